The Hall–Kier alpha value is -0.170. The number of hydrogen-bond acceptors (Lipinski definition) is 3. The fraction of sp³-hybridized carbons (Fsp3) is 1.00. The number of rotatable bonds is 6. The molecule has 0 radical (unpaired) electrons. The smallest absolute Gasteiger partial charge is 0.279 e. The van der Waals surface area contributed by atoms with Gasteiger partial charge in [0.2, 0.25) is 0 Å². The molecule has 1 aliphatic rings. The maximum Gasteiger partial charge on any atom is 0.279 e. The highest BCUT2D eigenvalue weighted by Crippen LogP contribution is 2.18. The summed E-state index contributed by atoms with van der Waals surface area (Å²) >= 11 is 0. The first kappa shape index (κ1) is 14.9. The van der Waals surface area contributed by atoms with Gasteiger partial charge in [0.1, 0.15) is 0 Å². The summed E-state index contributed by atoms with van der Waals surface area (Å²) in [7, 11) is -3.29. The Balaban J connectivity index is 2.39. The molecule has 0 spiro atoms. The monoisotopic (exact) mass is 263 g/mol. The predicted octanol–water partition coefficient (Wildman–Crippen LogP) is 0.693. The van der Waals surface area contributed by atoms with E-state index in [9.17, 15) is 8.42 Å². The molecule has 6 heteroatoms. The minimum atomic E-state index is -3.29. The predicted molar refractivity (Wildman–Crippen MR) is 70.1 cm³/mol. The van der Waals surface area contributed by atoms with Crippen molar-refractivity contribution in [1.82, 2.24) is 14.3 Å². The summed E-state index contributed by atoms with van der Waals surface area (Å²) in [6.45, 7) is 7.82. The van der Waals surface area contributed by atoms with Gasteiger partial charge in [0, 0.05) is 31.7 Å². The maximum atomic E-state index is 12.0. The van der Waals surface area contributed by atoms with Crippen LogP contribution in [0.1, 0.15) is 40.0 Å². The number of piperidine rings is 1. The molecule has 1 unspecified atom stereocenters. The molecule has 17 heavy (non-hydrogen) atoms. The molecule has 1 fully saturated rings. The lowest BCUT2D eigenvalue weighted by molar-refractivity contribution is 0.265. The van der Waals surface area contributed by atoms with Gasteiger partial charge in [-0.1, -0.05) is 20.3 Å². The minimum absolute atomic E-state index is 0.124. The van der Waals surface area contributed by atoms with Crippen molar-refractivity contribution in [2.75, 3.05) is 19.6 Å². The van der Waals surface area contributed by atoms with Gasteiger partial charge in [-0.2, -0.15) is 12.7 Å². The molecule has 2 N–H and O–H groups in total. The first-order chi connectivity index (χ1) is 7.93. The number of nitrogens with one attached hydrogen (secondary N) is 2. The van der Waals surface area contributed by atoms with Crippen LogP contribution in [0.5, 0.6) is 0 Å². The van der Waals surface area contributed by atoms with E-state index in [0.29, 0.717) is 25.7 Å². The second-order valence-corrected chi connectivity index (χ2v) is 6.67. The van der Waals surface area contributed by atoms with Crippen molar-refractivity contribution in [1.29, 1.82) is 0 Å². The maximum absolute atomic E-state index is 12.0. The van der Waals surface area contributed by atoms with Crippen molar-refractivity contribution in [3.05, 3.63) is 0 Å². The molecule has 1 atom stereocenters. The topological polar surface area (TPSA) is 61.4 Å². The summed E-state index contributed by atoms with van der Waals surface area (Å²) in [6, 6.07) is 0.507. The Morgan fingerprint density at radius 3 is 2.59 bits per heavy atom. The number of hydrogen-bond donors (Lipinski definition) is 2. The van der Waals surface area contributed by atoms with Crippen molar-refractivity contribution >= 4 is 10.2 Å². The van der Waals surface area contributed by atoms with Crippen LogP contribution in [0.15, 0.2) is 0 Å². The molecule has 0 bridgehead atoms. The Morgan fingerprint density at radius 2 is 2.00 bits per heavy atom. The molecule has 1 saturated heterocycles. The Bertz CT molecular complexity index is 317. The highest BCUT2D eigenvalue weighted by Gasteiger charge is 2.28. The summed E-state index contributed by atoms with van der Waals surface area (Å²) in [6.07, 6.45) is 3.06. The average molecular weight is 263 g/mol. The van der Waals surface area contributed by atoms with E-state index in [-0.39, 0.29) is 6.04 Å². The average Bonchev–Trinajstić information content (AvgIpc) is 2.24. The fourth-order valence-corrected chi connectivity index (χ4v) is 3.53. The normalized spacial score (nSPS) is 23.2. The lowest BCUT2D eigenvalue weighted by Crippen LogP contribution is -2.49. The van der Waals surface area contributed by atoms with Crippen LogP contribution in [0.3, 0.4) is 0 Å². The largest absolute Gasteiger partial charge is 0.313 e. The van der Waals surface area contributed by atoms with Gasteiger partial charge in [0.05, 0.1) is 0 Å². The van der Waals surface area contributed by atoms with Gasteiger partial charge in [0.25, 0.3) is 10.2 Å². The van der Waals surface area contributed by atoms with Crippen LogP contribution >= 0.6 is 0 Å². The van der Waals surface area contributed by atoms with E-state index in [0.717, 1.165) is 19.3 Å². The van der Waals surface area contributed by atoms with E-state index in [1.807, 2.05) is 20.8 Å². The Labute approximate surface area is 105 Å². The van der Waals surface area contributed by atoms with Crippen molar-refractivity contribution < 1.29 is 8.42 Å². The van der Waals surface area contributed by atoms with E-state index >= 15 is 0 Å². The molecule has 0 amide bonds. The molecular formula is C11H25N3O2S. The van der Waals surface area contributed by atoms with Crippen molar-refractivity contribution in [3.63, 3.8) is 0 Å². The van der Waals surface area contributed by atoms with Gasteiger partial charge in [-0.05, 0) is 19.8 Å². The zero-order valence-electron chi connectivity index (χ0n) is 11.1. The van der Waals surface area contributed by atoms with E-state index in [2.05, 4.69) is 10.0 Å². The first-order valence-electron chi connectivity index (χ1n) is 6.43. The van der Waals surface area contributed by atoms with E-state index in [1.54, 1.807) is 4.31 Å². The van der Waals surface area contributed by atoms with Crippen LogP contribution in [0.4, 0.5) is 0 Å². The zero-order valence-corrected chi connectivity index (χ0v) is 11.9. The molecule has 1 aliphatic heterocycles. The van der Waals surface area contributed by atoms with Crippen LogP contribution < -0.4 is 10.0 Å². The minimum Gasteiger partial charge on any atom is -0.313 e. The summed E-state index contributed by atoms with van der Waals surface area (Å²) in [5.41, 5.74) is 0. The molecular weight excluding hydrogens is 238 g/mol. The molecule has 102 valence electrons. The van der Waals surface area contributed by atoms with Crippen LogP contribution in [0.2, 0.25) is 0 Å². The first-order valence-corrected chi connectivity index (χ1v) is 7.87. The van der Waals surface area contributed by atoms with E-state index in [1.165, 1.54) is 0 Å². The van der Waals surface area contributed by atoms with Crippen LogP contribution in [0, 0.1) is 0 Å². The molecule has 0 aromatic heterocycles. The SMILES string of the molecule is CC(C)NCCNS(=O)(=O)N1CCCCC1C. The Morgan fingerprint density at radius 1 is 1.29 bits per heavy atom. The third-order valence-electron chi connectivity index (χ3n) is 3.01. The summed E-state index contributed by atoms with van der Waals surface area (Å²) in [5, 5.41) is 3.19. The molecule has 0 aromatic rings. The number of nitrogens with zero attached hydrogens (tertiary/aromatic N) is 1. The van der Waals surface area contributed by atoms with Crippen LogP contribution in [-0.2, 0) is 10.2 Å². The van der Waals surface area contributed by atoms with E-state index in [4.69, 9.17) is 0 Å². The van der Waals surface area contributed by atoms with Crippen molar-refractivity contribution in [2.24, 2.45) is 0 Å². The Kier molecular flexibility index (Phi) is 5.85. The zero-order chi connectivity index (χ0) is 12.9. The third-order valence-corrected chi connectivity index (χ3v) is 4.74. The molecule has 0 aliphatic carbocycles. The van der Waals surface area contributed by atoms with E-state index < -0.39 is 10.2 Å². The molecule has 1 rings (SSSR count). The summed E-state index contributed by atoms with van der Waals surface area (Å²) in [5.74, 6) is 0. The fourth-order valence-electron chi connectivity index (χ4n) is 2.05. The molecule has 5 nitrogen and oxygen atoms in total. The highest BCUT2D eigenvalue weighted by molar-refractivity contribution is 7.87. The van der Waals surface area contributed by atoms with Crippen LogP contribution in [-0.4, -0.2) is 44.4 Å². The molecule has 1 heterocycles. The van der Waals surface area contributed by atoms with Gasteiger partial charge in [0.15, 0.2) is 0 Å². The second kappa shape index (κ2) is 6.68. The summed E-state index contributed by atoms with van der Waals surface area (Å²) < 4.78 is 28.3. The van der Waals surface area contributed by atoms with Crippen LogP contribution in [0.25, 0.3) is 0 Å². The highest BCUT2D eigenvalue weighted by atomic mass is 32.2. The molecule has 0 saturated carbocycles. The second-order valence-electron chi connectivity index (χ2n) is 4.96. The summed E-state index contributed by atoms with van der Waals surface area (Å²) in [4.78, 5) is 0. The van der Waals surface area contributed by atoms with Crippen molar-refractivity contribution in [2.45, 2.75) is 52.1 Å². The van der Waals surface area contributed by atoms with Gasteiger partial charge in [-0.15, -0.1) is 0 Å². The lowest BCUT2D eigenvalue weighted by Gasteiger charge is -2.32. The standard InChI is InChI=1S/C11H25N3O2S/c1-10(2)12-7-8-13-17(15,16)14-9-5-4-6-11(14)3/h10-13H,4-9H2,1-3H3. The van der Waals surface area contributed by atoms with Gasteiger partial charge in [-0.25, -0.2) is 4.72 Å². The lowest BCUT2D eigenvalue weighted by atomic mass is 10.1. The van der Waals surface area contributed by atoms with Gasteiger partial charge >= 0.3 is 0 Å². The van der Waals surface area contributed by atoms with Crippen molar-refractivity contribution in [3.8, 4) is 0 Å². The molecule has 0 aromatic carbocycles. The third kappa shape index (κ3) is 4.91. The van der Waals surface area contributed by atoms with Gasteiger partial charge in [-0.3, -0.25) is 0 Å². The quantitative estimate of drug-likeness (QED) is 0.693. The van der Waals surface area contributed by atoms with Gasteiger partial charge < -0.3 is 5.32 Å².